The summed E-state index contributed by atoms with van der Waals surface area (Å²) in [7, 11) is 0. The fraction of sp³-hybridized carbons (Fsp3) is 0.269. The van der Waals surface area contributed by atoms with Gasteiger partial charge in [-0.2, -0.15) is 0 Å². The molecule has 1 spiro atoms. The molecule has 1 fully saturated rings. The number of benzene rings is 2. The first-order chi connectivity index (χ1) is 16.0. The van der Waals surface area contributed by atoms with Crippen LogP contribution in [0.2, 0.25) is 0 Å². The summed E-state index contributed by atoms with van der Waals surface area (Å²) in [6, 6.07) is 15.6. The summed E-state index contributed by atoms with van der Waals surface area (Å²) >= 11 is 0. The van der Waals surface area contributed by atoms with Gasteiger partial charge in [0, 0.05) is 50.1 Å². The average molecular weight is 444 g/mol. The summed E-state index contributed by atoms with van der Waals surface area (Å²) in [4.78, 5) is 31.1. The summed E-state index contributed by atoms with van der Waals surface area (Å²) in [5.74, 6) is 0.0351. The van der Waals surface area contributed by atoms with E-state index >= 15 is 0 Å². The lowest BCUT2D eigenvalue weighted by Crippen LogP contribution is -2.50. The van der Waals surface area contributed by atoms with E-state index < -0.39 is 11.5 Å². The highest BCUT2D eigenvalue weighted by Crippen LogP contribution is 2.40. The van der Waals surface area contributed by atoms with Crippen LogP contribution in [-0.4, -0.2) is 45.5 Å². The predicted molar refractivity (Wildman–Crippen MR) is 124 cm³/mol. The first-order valence-electron chi connectivity index (χ1n) is 11.1. The number of hydroxylamine groups is 1. The number of likely N-dealkylation sites (tertiary alicyclic amines) is 1. The molecule has 0 saturated carbocycles. The summed E-state index contributed by atoms with van der Waals surface area (Å²) in [6.45, 7) is 2.54. The molecule has 5 rings (SSSR count). The number of carbonyl (C=O) groups excluding carboxylic acids is 2. The van der Waals surface area contributed by atoms with Crippen LogP contribution in [0.4, 0.5) is 0 Å². The van der Waals surface area contributed by atoms with Gasteiger partial charge >= 0.3 is 0 Å². The van der Waals surface area contributed by atoms with Crippen molar-refractivity contribution in [2.45, 2.75) is 31.4 Å². The molecule has 3 aromatic rings. The highest BCUT2D eigenvalue weighted by molar-refractivity contribution is 6.01. The van der Waals surface area contributed by atoms with Crippen LogP contribution < -0.4 is 10.2 Å². The number of para-hydroxylation sites is 1. The van der Waals surface area contributed by atoms with Crippen LogP contribution >= 0.6 is 0 Å². The van der Waals surface area contributed by atoms with Gasteiger partial charge < -0.3 is 4.74 Å². The number of nitrogens with one attached hydrogen (secondary N) is 1. The van der Waals surface area contributed by atoms with Crippen molar-refractivity contribution in [3.05, 3.63) is 77.5 Å². The number of hydrogen-bond donors (Lipinski definition) is 2. The van der Waals surface area contributed by atoms with Gasteiger partial charge in [0.2, 0.25) is 0 Å². The number of amides is 1. The second-order valence-electron chi connectivity index (χ2n) is 8.76. The first-order valence-corrected chi connectivity index (χ1v) is 11.1. The zero-order valence-electron chi connectivity index (χ0n) is 18.2. The molecule has 0 bridgehead atoms. The van der Waals surface area contributed by atoms with Gasteiger partial charge in [0.1, 0.15) is 11.4 Å². The zero-order chi connectivity index (χ0) is 22.8. The van der Waals surface area contributed by atoms with Crippen molar-refractivity contribution in [3.8, 4) is 5.75 Å². The number of Topliss-reactive ketones (excluding diaryl/α,β-unsaturated/α-hetero) is 1. The third-order valence-electron chi connectivity index (χ3n) is 6.47. The molecule has 1 amide bonds. The SMILES string of the molecule is O=C(/C=C/c1ccc2c(c1)C(=O)CC1(CCN(Cc3cnc4ccccc4c3)CC1)O2)NO. The minimum absolute atomic E-state index is 0.0605. The van der Waals surface area contributed by atoms with Crippen molar-refractivity contribution in [2.24, 2.45) is 0 Å². The molecule has 2 aliphatic heterocycles. The van der Waals surface area contributed by atoms with Gasteiger partial charge in [-0.05, 0) is 41.5 Å². The zero-order valence-corrected chi connectivity index (χ0v) is 18.2. The molecule has 168 valence electrons. The molecule has 0 radical (unpaired) electrons. The monoisotopic (exact) mass is 443 g/mol. The van der Waals surface area contributed by atoms with Crippen LogP contribution in [0, 0.1) is 0 Å². The van der Waals surface area contributed by atoms with Crippen LogP contribution in [0.25, 0.3) is 17.0 Å². The molecule has 0 aliphatic carbocycles. The molecular weight excluding hydrogens is 418 g/mol. The Kier molecular flexibility index (Phi) is 5.66. The Labute approximate surface area is 191 Å². The molecule has 33 heavy (non-hydrogen) atoms. The molecule has 2 N–H and O–H groups in total. The van der Waals surface area contributed by atoms with E-state index in [1.165, 1.54) is 11.6 Å². The van der Waals surface area contributed by atoms with Gasteiger partial charge in [0.05, 0.1) is 17.5 Å². The van der Waals surface area contributed by atoms with E-state index in [9.17, 15) is 9.59 Å². The number of aromatic nitrogens is 1. The summed E-state index contributed by atoms with van der Waals surface area (Å²) < 4.78 is 6.39. The minimum Gasteiger partial charge on any atom is -0.486 e. The Bertz CT molecular complexity index is 1250. The first kappa shape index (κ1) is 21.3. The summed E-state index contributed by atoms with van der Waals surface area (Å²) in [5, 5.41) is 9.75. The molecule has 1 saturated heterocycles. The van der Waals surface area contributed by atoms with E-state index in [2.05, 4.69) is 22.0 Å². The number of piperidine rings is 1. The Hall–Kier alpha value is -3.55. The number of ketones is 1. The number of ether oxygens (including phenoxy) is 1. The minimum atomic E-state index is -0.625. The molecule has 1 aromatic heterocycles. The number of hydrogen-bond acceptors (Lipinski definition) is 6. The van der Waals surface area contributed by atoms with E-state index in [-0.39, 0.29) is 5.78 Å². The molecule has 7 nitrogen and oxygen atoms in total. The van der Waals surface area contributed by atoms with Crippen LogP contribution in [0.3, 0.4) is 0 Å². The van der Waals surface area contributed by atoms with Crippen LogP contribution in [0.15, 0.2) is 60.8 Å². The van der Waals surface area contributed by atoms with Crippen molar-refractivity contribution in [3.63, 3.8) is 0 Å². The van der Waals surface area contributed by atoms with Crippen molar-refractivity contribution < 1.29 is 19.5 Å². The smallest absolute Gasteiger partial charge is 0.267 e. The highest BCUT2D eigenvalue weighted by atomic mass is 16.5. The largest absolute Gasteiger partial charge is 0.486 e. The molecule has 7 heteroatoms. The van der Waals surface area contributed by atoms with E-state index in [1.54, 1.807) is 29.8 Å². The fourth-order valence-corrected chi connectivity index (χ4v) is 4.68. The third kappa shape index (κ3) is 4.51. The lowest BCUT2D eigenvalue weighted by Gasteiger charge is -2.44. The van der Waals surface area contributed by atoms with E-state index in [1.807, 2.05) is 24.4 Å². The number of fused-ring (bicyclic) bond motifs is 2. The van der Waals surface area contributed by atoms with Crippen LogP contribution in [0.5, 0.6) is 5.75 Å². The second kappa shape index (κ2) is 8.77. The topological polar surface area (TPSA) is 91.8 Å². The molecule has 0 atom stereocenters. The Morgan fingerprint density at radius 3 is 2.82 bits per heavy atom. The van der Waals surface area contributed by atoms with Crippen molar-refractivity contribution in [1.82, 2.24) is 15.4 Å². The van der Waals surface area contributed by atoms with E-state index in [4.69, 9.17) is 9.94 Å². The van der Waals surface area contributed by atoms with Gasteiger partial charge in [0.25, 0.3) is 5.91 Å². The molecule has 3 heterocycles. The molecular formula is C26H25N3O4. The number of pyridine rings is 1. The van der Waals surface area contributed by atoms with Crippen LogP contribution in [-0.2, 0) is 11.3 Å². The van der Waals surface area contributed by atoms with Gasteiger partial charge in [-0.1, -0.05) is 24.3 Å². The normalized spacial score (nSPS) is 17.8. The van der Waals surface area contributed by atoms with Crippen LogP contribution in [0.1, 0.15) is 40.7 Å². The maximum absolute atomic E-state index is 13.0. The number of carbonyl (C=O) groups is 2. The highest BCUT2D eigenvalue weighted by Gasteiger charge is 2.42. The van der Waals surface area contributed by atoms with Crippen molar-refractivity contribution in [1.29, 1.82) is 0 Å². The Balaban J connectivity index is 1.25. The molecule has 2 aromatic carbocycles. The summed E-state index contributed by atoms with van der Waals surface area (Å²) in [6.07, 6.45) is 6.63. The molecule has 0 unspecified atom stereocenters. The van der Waals surface area contributed by atoms with Crippen molar-refractivity contribution >= 4 is 28.7 Å². The predicted octanol–water partition coefficient (Wildman–Crippen LogP) is 3.75. The lowest BCUT2D eigenvalue weighted by molar-refractivity contribution is -0.124. The maximum atomic E-state index is 13.0. The van der Waals surface area contributed by atoms with Gasteiger partial charge in [-0.25, -0.2) is 5.48 Å². The van der Waals surface area contributed by atoms with E-state index in [0.717, 1.165) is 43.4 Å². The van der Waals surface area contributed by atoms with Gasteiger partial charge in [0.15, 0.2) is 5.78 Å². The quantitative estimate of drug-likeness (QED) is 0.363. The molecule has 2 aliphatic rings. The fourth-order valence-electron chi connectivity index (χ4n) is 4.68. The maximum Gasteiger partial charge on any atom is 0.267 e. The lowest BCUT2D eigenvalue weighted by atomic mass is 9.82. The number of rotatable bonds is 4. The van der Waals surface area contributed by atoms with E-state index in [0.29, 0.717) is 23.3 Å². The number of nitrogens with zero attached hydrogens (tertiary/aromatic N) is 2. The average Bonchev–Trinajstić information content (AvgIpc) is 2.84. The third-order valence-corrected chi connectivity index (χ3v) is 6.47. The second-order valence-corrected chi connectivity index (χ2v) is 8.76. The Morgan fingerprint density at radius 2 is 2.00 bits per heavy atom. The van der Waals surface area contributed by atoms with Gasteiger partial charge in [-0.15, -0.1) is 0 Å². The summed E-state index contributed by atoms with van der Waals surface area (Å²) in [5.41, 5.74) is 4.51. The Morgan fingerprint density at radius 1 is 1.18 bits per heavy atom. The van der Waals surface area contributed by atoms with Crippen molar-refractivity contribution in [2.75, 3.05) is 13.1 Å². The standard InChI is InChI=1S/C26H25N3O4/c30-23-15-26(33-24-7-5-18(14-21(23)24)6-8-25(31)28-32)9-11-29(12-10-26)17-19-13-20-3-1-2-4-22(20)27-16-19/h1-8,13-14,16,32H,9-12,15,17H2,(H,28,31)/b8-6+. The van der Waals surface area contributed by atoms with Gasteiger partial charge in [-0.3, -0.25) is 24.7 Å².